The molecule has 4 heteroatoms. The number of anilines is 2. The number of aliphatic hydroxyl groups is 1. The largest absolute Gasteiger partial charge is 0.396 e. The van der Waals surface area contributed by atoms with Crippen molar-refractivity contribution in [2.24, 2.45) is 0 Å². The average Bonchev–Trinajstić information content (AvgIpc) is 2.84. The maximum atomic E-state index is 8.92. The molecule has 1 atom stereocenters. The topological polar surface area (TPSA) is 48.4 Å². The molecule has 1 aliphatic rings. The predicted octanol–water partition coefficient (Wildman–Crippen LogP) is 1.86. The molecule has 2 rings (SSSR count). The van der Waals surface area contributed by atoms with Crippen LogP contribution < -0.4 is 10.2 Å². The number of hydrogen-bond donors (Lipinski definition) is 2. The third-order valence-electron chi connectivity index (χ3n) is 3.42. The second-order valence-corrected chi connectivity index (χ2v) is 4.54. The number of pyridine rings is 1. The van der Waals surface area contributed by atoms with Crippen LogP contribution in [0.3, 0.4) is 0 Å². The van der Waals surface area contributed by atoms with E-state index in [1.165, 1.54) is 18.5 Å². The fourth-order valence-electron chi connectivity index (χ4n) is 2.52. The lowest BCUT2D eigenvalue weighted by Crippen LogP contribution is -2.29. The van der Waals surface area contributed by atoms with Gasteiger partial charge >= 0.3 is 0 Å². The molecule has 1 aromatic rings. The molecule has 0 radical (unpaired) electrons. The van der Waals surface area contributed by atoms with Gasteiger partial charge in [0.15, 0.2) is 0 Å². The molecule has 0 spiro atoms. The van der Waals surface area contributed by atoms with Crippen LogP contribution in [0.1, 0.15) is 25.7 Å². The standard InChI is InChI=1S/C13H21N3O/c1-14-11-8-13(10-15-9-11)16-6-2-4-12(16)5-3-7-17/h8-10,12,14,17H,2-7H2,1H3. The third-order valence-corrected chi connectivity index (χ3v) is 3.42. The summed E-state index contributed by atoms with van der Waals surface area (Å²) in [5.41, 5.74) is 2.24. The van der Waals surface area contributed by atoms with Crippen molar-refractivity contribution >= 4 is 11.4 Å². The molecule has 2 N–H and O–H groups in total. The molecule has 0 aliphatic carbocycles. The SMILES string of the molecule is CNc1cncc(N2CCCC2CCCO)c1. The van der Waals surface area contributed by atoms with Gasteiger partial charge in [-0.1, -0.05) is 0 Å². The predicted molar refractivity (Wildman–Crippen MR) is 70.5 cm³/mol. The summed E-state index contributed by atoms with van der Waals surface area (Å²) in [5, 5.41) is 12.0. The Bertz CT molecular complexity index is 356. The first-order valence-electron chi connectivity index (χ1n) is 6.35. The van der Waals surface area contributed by atoms with E-state index in [9.17, 15) is 0 Å². The lowest BCUT2D eigenvalue weighted by Gasteiger charge is -2.26. The molecule has 4 nitrogen and oxygen atoms in total. The van der Waals surface area contributed by atoms with Crippen LogP contribution in [0.15, 0.2) is 18.5 Å². The van der Waals surface area contributed by atoms with Crippen LogP contribution in [-0.4, -0.2) is 36.3 Å². The molecule has 0 saturated carbocycles. The van der Waals surface area contributed by atoms with E-state index in [0.29, 0.717) is 12.6 Å². The zero-order valence-electron chi connectivity index (χ0n) is 10.4. The van der Waals surface area contributed by atoms with E-state index in [0.717, 1.165) is 25.1 Å². The van der Waals surface area contributed by atoms with E-state index in [4.69, 9.17) is 5.11 Å². The number of rotatable bonds is 5. The smallest absolute Gasteiger partial charge is 0.0575 e. The summed E-state index contributed by atoms with van der Waals surface area (Å²) < 4.78 is 0. The van der Waals surface area contributed by atoms with Gasteiger partial charge in [-0.2, -0.15) is 0 Å². The van der Waals surface area contributed by atoms with E-state index >= 15 is 0 Å². The minimum atomic E-state index is 0.291. The van der Waals surface area contributed by atoms with E-state index in [2.05, 4.69) is 21.3 Å². The molecule has 1 aliphatic heterocycles. The van der Waals surface area contributed by atoms with Crippen molar-refractivity contribution in [1.29, 1.82) is 0 Å². The van der Waals surface area contributed by atoms with E-state index in [-0.39, 0.29) is 0 Å². The maximum absolute atomic E-state index is 8.92. The van der Waals surface area contributed by atoms with Crippen molar-refractivity contribution in [1.82, 2.24) is 4.98 Å². The van der Waals surface area contributed by atoms with Gasteiger partial charge in [0, 0.05) is 26.2 Å². The van der Waals surface area contributed by atoms with Crippen LogP contribution in [-0.2, 0) is 0 Å². The second-order valence-electron chi connectivity index (χ2n) is 4.54. The number of hydrogen-bond acceptors (Lipinski definition) is 4. The van der Waals surface area contributed by atoms with Crippen molar-refractivity contribution in [2.45, 2.75) is 31.7 Å². The van der Waals surface area contributed by atoms with Gasteiger partial charge in [-0.15, -0.1) is 0 Å². The lowest BCUT2D eigenvalue weighted by atomic mass is 10.1. The molecule has 1 fully saturated rings. The van der Waals surface area contributed by atoms with Crippen LogP contribution in [0, 0.1) is 0 Å². The molecule has 2 heterocycles. The Morgan fingerprint density at radius 3 is 3.18 bits per heavy atom. The number of nitrogens with one attached hydrogen (secondary N) is 1. The van der Waals surface area contributed by atoms with E-state index in [1.54, 1.807) is 0 Å². The van der Waals surface area contributed by atoms with Gasteiger partial charge in [-0.25, -0.2) is 0 Å². The Morgan fingerprint density at radius 1 is 1.53 bits per heavy atom. The maximum Gasteiger partial charge on any atom is 0.0575 e. The van der Waals surface area contributed by atoms with Gasteiger partial charge in [0.2, 0.25) is 0 Å². The van der Waals surface area contributed by atoms with E-state index in [1.807, 2.05) is 19.4 Å². The summed E-state index contributed by atoms with van der Waals surface area (Å²) in [6.45, 7) is 1.39. The van der Waals surface area contributed by atoms with Crippen LogP contribution in [0.5, 0.6) is 0 Å². The highest BCUT2D eigenvalue weighted by Gasteiger charge is 2.24. The summed E-state index contributed by atoms with van der Waals surface area (Å²) in [6, 6.07) is 2.71. The Labute approximate surface area is 103 Å². The summed E-state index contributed by atoms with van der Waals surface area (Å²) >= 11 is 0. The molecule has 1 unspecified atom stereocenters. The minimum Gasteiger partial charge on any atom is -0.396 e. The fraction of sp³-hybridized carbons (Fsp3) is 0.615. The molecular weight excluding hydrogens is 214 g/mol. The van der Waals surface area contributed by atoms with Crippen molar-refractivity contribution in [3.63, 3.8) is 0 Å². The molecule has 0 aromatic carbocycles. The first-order valence-corrected chi connectivity index (χ1v) is 6.35. The Hall–Kier alpha value is -1.29. The van der Waals surface area contributed by atoms with Gasteiger partial charge in [0.25, 0.3) is 0 Å². The van der Waals surface area contributed by atoms with Gasteiger partial charge in [0.1, 0.15) is 0 Å². The quantitative estimate of drug-likeness (QED) is 0.818. The number of aromatic nitrogens is 1. The Kier molecular flexibility index (Phi) is 4.20. The highest BCUT2D eigenvalue weighted by molar-refractivity contribution is 5.56. The summed E-state index contributed by atoms with van der Waals surface area (Å²) in [7, 11) is 1.91. The van der Waals surface area contributed by atoms with Gasteiger partial charge in [-0.3, -0.25) is 4.98 Å². The fourth-order valence-corrected chi connectivity index (χ4v) is 2.52. The molecular formula is C13H21N3O. The summed E-state index contributed by atoms with van der Waals surface area (Å²) in [6.07, 6.45) is 8.19. The second kappa shape index (κ2) is 5.87. The summed E-state index contributed by atoms with van der Waals surface area (Å²) in [5.74, 6) is 0. The Morgan fingerprint density at radius 2 is 2.41 bits per heavy atom. The zero-order valence-corrected chi connectivity index (χ0v) is 10.4. The molecule has 0 bridgehead atoms. The molecule has 0 amide bonds. The monoisotopic (exact) mass is 235 g/mol. The first-order chi connectivity index (χ1) is 8.35. The van der Waals surface area contributed by atoms with E-state index < -0.39 is 0 Å². The number of aliphatic hydroxyl groups excluding tert-OH is 1. The molecule has 1 aromatic heterocycles. The highest BCUT2D eigenvalue weighted by Crippen LogP contribution is 2.28. The van der Waals surface area contributed by atoms with Crippen LogP contribution in [0.25, 0.3) is 0 Å². The van der Waals surface area contributed by atoms with Crippen molar-refractivity contribution in [3.05, 3.63) is 18.5 Å². The zero-order chi connectivity index (χ0) is 12.1. The summed E-state index contributed by atoms with van der Waals surface area (Å²) in [4.78, 5) is 6.68. The van der Waals surface area contributed by atoms with Gasteiger partial charge < -0.3 is 15.3 Å². The van der Waals surface area contributed by atoms with Gasteiger partial charge in [0.05, 0.1) is 23.8 Å². The van der Waals surface area contributed by atoms with Crippen molar-refractivity contribution in [3.8, 4) is 0 Å². The van der Waals surface area contributed by atoms with Crippen LogP contribution in [0.4, 0.5) is 11.4 Å². The average molecular weight is 235 g/mol. The van der Waals surface area contributed by atoms with Gasteiger partial charge in [-0.05, 0) is 31.7 Å². The first kappa shape index (κ1) is 12.2. The normalized spacial score (nSPS) is 19.6. The molecule has 94 valence electrons. The third kappa shape index (κ3) is 2.88. The van der Waals surface area contributed by atoms with Crippen molar-refractivity contribution in [2.75, 3.05) is 30.4 Å². The lowest BCUT2D eigenvalue weighted by molar-refractivity contribution is 0.279. The Balaban J connectivity index is 2.08. The van der Waals surface area contributed by atoms with Crippen molar-refractivity contribution < 1.29 is 5.11 Å². The van der Waals surface area contributed by atoms with Crippen LogP contribution in [0.2, 0.25) is 0 Å². The molecule has 17 heavy (non-hydrogen) atoms. The minimum absolute atomic E-state index is 0.291. The highest BCUT2D eigenvalue weighted by atomic mass is 16.2. The van der Waals surface area contributed by atoms with Crippen LogP contribution >= 0.6 is 0 Å². The number of nitrogens with zero attached hydrogens (tertiary/aromatic N) is 2. The molecule has 1 saturated heterocycles.